The number of nitro benzene ring substituents is 1. The average molecular weight is 255 g/mol. The Labute approximate surface area is 106 Å². The van der Waals surface area contributed by atoms with Crippen LogP contribution in [0.15, 0.2) is 18.2 Å². The predicted octanol–water partition coefficient (Wildman–Crippen LogP) is 3.83. The zero-order valence-electron chi connectivity index (χ0n) is 10.5. The molecule has 0 aliphatic rings. The second-order valence-corrected chi connectivity index (χ2v) is 4.12. The Kier molecular flexibility index (Phi) is 6.28. The van der Waals surface area contributed by atoms with E-state index in [1.807, 2.05) is 0 Å². The number of halogens is 1. The summed E-state index contributed by atoms with van der Waals surface area (Å²) in [6.45, 7) is 2.76. The van der Waals surface area contributed by atoms with Crippen molar-refractivity contribution >= 4 is 5.69 Å². The SMILES string of the molecule is CCCCCCOCc1cccc([N+](=O)[O-])c1F. The van der Waals surface area contributed by atoms with Crippen molar-refractivity contribution in [1.29, 1.82) is 0 Å². The second kappa shape index (κ2) is 7.76. The Morgan fingerprint density at radius 2 is 2.11 bits per heavy atom. The molecule has 1 rings (SSSR count). The molecular formula is C13H18FNO3. The summed E-state index contributed by atoms with van der Waals surface area (Å²) in [5.74, 6) is -0.795. The van der Waals surface area contributed by atoms with Crippen molar-refractivity contribution < 1.29 is 14.1 Å². The van der Waals surface area contributed by atoms with Gasteiger partial charge in [-0.3, -0.25) is 10.1 Å². The van der Waals surface area contributed by atoms with Gasteiger partial charge in [-0.2, -0.15) is 4.39 Å². The largest absolute Gasteiger partial charge is 0.377 e. The van der Waals surface area contributed by atoms with Crippen LogP contribution >= 0.6 is 0 Å². The Hall–Kier alpha value is -1.49. The van der Waals surface area contributed by atoms with Crippen LogP contribution in [0.1, 0.15) is 38.2 Å². The van der Waals surface area contributed by atoms with E-state index in [9.17, 15) is 14.5 Å². The molecule has 0 heterocycles. The molecule has 0 bridgehead atoms. The number of benzene rings is 1. The highest BCUT2D eigenvalue weighted by molar-refractivity contribution is 5.36. The fourth-order valence-electron chi connectivity index (χ4n) is 1.63. The van der Waals surface area contributed by atoms with Crippen molar-refractivity contribution in [2.75, 3.05) is 6.61 Å². The van der Waals surface area contributed by atoms with Gasteiger partial charge in [-0.1, -0.05) is 38.3 Å². The van der Waals surface area contributed by atoms with Gasteiger partial charge in [-0.25, -0.2) is 0 Å². The summed E-state index contributed by atoms with van der Waals surface area (Å²) in [6.07, 6.45) is 4.34. The van der Waals surface area contributed by atoms with E-state index in [1.54, 1.807) is 0 Å². The molecule has 0 atom stereocenters. The highest BCUT2D eigenvalue weighted by Gasteiger charge is 2.16. The molecule has 0 aliphatic heterocycles. The van der Waals surface area contributed by atoms with Crippen LogP contribution in [0, 0.1) is 15.9 Å². The van der Waals surface area contributed by atoms with Crippen LogP contribution in [0.5, 0.6) is 0 Å². The highest BCUT2D eigenvalue weighted by atomic mass is 19.1. The van der Waals surface area contributed by atoms with Crippen molar-refractivity contribution in [3.8, 4) is 0 Å². The van der Waals surface area contributed by atoms with E-state index in [1.165, 1.54) is 12.1 Å². The second-order valence-electron chi connectivity index (χ2n) is 4.12. The van der Waals surface area contributed by atoms with Crippen molar-refractivity contribution in [3.63, 3.8) is 0 Å². The van der Waals surface area contributed by atoms with Gasteiger partial charge in [0, 0.05) is 18.2 Å². The molecule has 0 saturated heterocycles. The third-order valence-corrected chi connectivity index (χ3v) is 2.65. The summed E-state index contributed by atoms with van der Waals surface area (Å²) in [7, 11) is 0. The number of unbranched alkanes of at least 4 members (excludes halogenated alkanes) is 3. The van der Waals surface area contributed by atoms with E-state index in [4.69, 9.17) is 4.74 Å². The first-order valence-electron chi connectivity index (χ1n) is 6.16. The Morgan fingerprint density at radius 1 is 1.33 bits per heavy atom. The van der Waals surface area contributed by atoms with Crippen LogP contribution < -0.4 is 0 Å². The molecule has 0 amide bonds. The van der Waals surface area contributed by atoms with Gasteiger partial charge in [0.25, 0.3) is 0 Å². The quantitative estimate of drug-likeness (QED) is 0.403. The van der Waals surface area contributed by atoms with Crippen molar-refractivity contribution in [2.24, 2.45) is 0 Å². The monoisotopic (exact) mass is 255 g/mol. The lowest BCUT2D eigenvalue weighted by atomic mass is 10.2. The van der Waals surface area contributed by atoms with E-state index >= 15 is 0 Å². The molecule has 1 aromatic rings. The third kappa shape index (κ3) is 4.41. The van der Waals surface area contributed by atoms with E-state index in [2.05, 4.69) is 6.92 Å². The summed E-state index contributed by atoms with van der Waals surface area (Å²) in [5.41, 5.74) is -0.262. The third-order valence-electron chi connectivity index (χ3n) is 2.65. The first-order chi connectivity index (χ1) is 8.66. The zero-order chi connectivity index (χ0) is 13.4. The first-order valence-corrected chi connectivity index (χ1v) is 6.16. The molecule has 0 N–H and O–H groups in total. The van der Waals surface area contributed by atoms with Gasteiger partial charge >= 0.3 is 5.69 Å². The average Bonchev–Trinajstić information content (AvgIpc) is 2.35. The highest BCUT2D eigenvalue weighted by Crippen LogP contribution is 2.20. The minimum atomic E-state index is -0.795. The Morgan fingerprint density at radius 3 is 2.78 bits per heavy atom. The number of nitro groups is 1. The van der Waals surface area contributed by atoms with Gasteiger partial charge in [-0.05, 0) is 6.42 Å². The molecule has 4 nitrogen and oxygen atoms in total. The molecule has 0 unspecified atom stereocenters. The molecule has 0 radical (unpaired) electrons. The molecule has 18 heavy (non-hydrogen) atoms. The topological polar surface area (TPSA) is 52.4 Å². The molecule has 0 aliphatic carbocycles. The number of hydrogen-bond donors (Lipinski definition) is 0. The normalized spacial score (nSPS) is 10.6. The van der Waals surface area contributed by atoms with Crippen molar-refractivity contribution in [2.45, 2.75) is 39.2 Å². The van der Waals surface area contributed by atoms with E-state index in [0.29, 0.717) is 6.61 Å². The summed E-state index contributed by atoms with van der Waals surface area (Å²) >= 11 is 0. The van der Waals surface area contributed by atoms with Gasteiger partial charge in [0.2, 0.25) is 5.82 Å². The molecule has 1 aromatic carbocycles. The van der Waals surface area contributed by atoms with Crippen LogP contribution in [0.25, 0.3) is 0 Å². The Balaban J connectivity index is 2.43. The summed E-state index contributed by atoms with van der Waals surface area (Å²) in [4.78, 5) is 9.82. The van der Waals surface area contributed by atoms with Crippen LogP contribution in [-0.2, 0) is 11.3 Å². The minimum Gasteiger partial charge on any atom is -0.377 e. The number of rotatable bonds is 8. The predicted molar refractivity (Wildman–Crippen MR) is 66.9 cm³/mol. The fraction of sp³-hybridized carbons (Fsp3) is 0.538. The van der Waals surface area contributed by atoms with E-state index in [0.717, 1.165) is 31.7 Å². The van der Waals surface area contributed by atoms with Crippen molar-refractivity contribution in [3.05, 3.63) is 39.7 Å². The van der Waals surface area contributed by atoms with E-state index < -0.39 is 16.4 Å². The maximum Gasteiger partial charge on any atom is 0.305 e. The number of hydrogen-bond acceptors (Lipinski definition) is 3. The fourth-order valence-corrected chi connectivity index (χ4v) is 1.63. The molecule has 0 saturated carbocycles. The summed E-state index contributed by atoms with van der Waals surface area (Å²) < 4.78 is 19.0. The summed E-state index contributed by atoms with van der Waals surface area (Å²) in [6, 6.07) is 4.13. The standard InChI is InChI=1S/C13H18FNO3/c1-2-3-4-5-9-18-10-11-7-6-8-12(13(11)14)15(16)17/h6-8H,2-5,9-10H2,1H3. The van der Waals surface area contributed by atoms with Gasteiger partial charge in [0.05, 0.1) is 11.5 Å². The molecule has 0 fully saturated rings. The van der Waals surface area contributed by atoms with Crippen LogP contribution in [0.2, 0.25) is 0 Å². The van der Waals surface area contributed by atoms with Gasteiger partial charge in [-0.15, -0.1) is 0 Å². The lowest BCUT2D eigenvalue weighted by Crippen LogP contribution is -2.01. The first kappa shape index (κ1) is 14.6. The smallest absolute Gasteiger partial charge is 0.305 e. The van der Waals surface area contributed by atoms with Crippen LogP contribution in [0.3, 0.4) is 0 Å². The lowest BCUT2D eigenvalue weighted by molar-refractivity contribution is -0.387. The molecule has 5 heteroatoms. The molecular weight excluding hydrogens is 237 g/mol. The van der Waals surface area contributed by atoms with Gasteiger partial charge in [0.1, 0.15) is 0 Å². The maximum atomic E-state index is 13.6. The van der Waals surface area contributed by atoms with Crippen LogP contribution in [0.4, 0.5) is 10.1 Å². The lowest BCUT2D eigenvalue weighted by Gasteiger charge is -2.05. The molecule has 0 aromatic heterocycles. The maximum absolute atomic E-state index is 13.6. The van der Waals surface area contributed by atoms with E-state index in [-0.39, 0.29) is 12.2 Å². The zero-order valence-corrected chi connectivity index (χ0v) is 10.5. The van der Waals surface area contributed by atoms with Crippen LogP contribution in [-0.4, -0.2) is 11.5 Å². The summed E-state index contributed by atoms with van der Waals surface area (Å²) in [5, 5.41) is 10.5. The number of ether oxygens (including phenoxy) is 1. The molecule has 0 spiro atoms. The minimum absolute atomic E-state index is 0.0830. The number of nitrogens with zero attached hydrogens (tertiary/aromatic N) is 1. The Bertz CT molecular complexity index is 396. The van der Waals surface area contributed by atoms with Gasteiger partial charge in [0.15, 0.2) is 0 Å². The van der Waals surface area contributed by atoms with Gasteiger partial charge < -0.3 is 4.74 Å². The van der Waals surface area contributed by atoms with Crippen molar-refractivity contribution in [1.82, 2.24) is 0 Å². The molecule has 100 valence electrons.